The number of unbranched alkanes of at least 4 members (excludes halogenated alkanes) is 1. The Bertz CT molecular complexity index is 330. The topological polar surface area (TPSA) is 26.3 Å². The summed E-state index contributed by atoms with van der Waals surface area (Å²) in [5, 5.41) is 0. The molecule has 2 nitrogen and oxygen atoms in total. The fourth-order valence-corrected chi connectivity index (χ4v) is 1.42. The normalized spacial score (nSPS) is 9.67. The number of halogens is 1. The SMILES string of the molecule is C=CCCCOC(=O)c1ccc(I)cc1. The lowest BCUT2D eigenvalue weighted by Gasteiger charge is -2.03. The zero-order chi connectivity index (χ0) is 11.1. The van der Waals surface area contributed by atoms with Crippen molar-refractivity contribution in [1.29, 1.82) is 0 Å². The maximum absolute atomic E-state index is 11.5. The van der Waals surface area contributed by atoms with Gasteiger partial charge in [0.25, 0.3) is 0 Å². The number of rotatable bonds is 5. The molecule has 1 aromatic rings. The number of hydrogen-bond donors (Lipinski definition) is 0. The molecule has 0 saturated heterocycles. The molecular weight excluding hydrogens is 303 g/mol. The summed E-state index contributed by atoms with van der Waals surface area (Å²) in [5.41, 5.74) is 0.606. The molecule has 80 valence electrons. The third kappa shape index (κ3) is 4.46. The van der Waals surface area contributed by atoms with Gasteiger partial charge < -0.3 is 4.74 Å². The van der Waals surface area contributed by atoms with E-state index in [1.165, 1.54) is 0 Å². The van der Waals surface area contributed by atoms with E-state index in [4.69, 9.17) is 4.74 Å². The van der Waals surface area contributed by atoms with Crippen LogP contribution >= 0.6 is 22.6 Å². The highest BCUT2D eigenvalue weighted by atomic mass is 127. The van der Waals surface area contributed by atoms with E-state index >= 15 is 0 Å². The highest BCUT2D eigenvalue weighted by Crippen LogP contribution is 2.08. The fraction of sp³-hybridized carbons (Fsp3) is 0.250. The maximum Gasteiger partial charge on any atom is 0.338 e. The maximum atomic E-state index is 11.5. The van der Waals surface area contributed by atoms with Crippen LogP contribution in [0, 0.1) is 3.57 Å². The van der Waals surface area contributed by atoms with E-state index in [-0.39, 0.29) is 5.97 Å². The van der Waals surface area contributed by atoms with Crippen molar-refractivity contribution in [3.05, 3.63) is 46.1 Å². The highest BCUT2D eigenvalue weighted by molar-refractivity contribution is 14.1. The minimum Gasteiger partial charge on any atom is -0.462 e. The van der Waals surface area contributed by atoms with E-state index in [0.29, 0.717) is 12.2 Å². The Kier molecular flexibility index (Phi) is 5.39. The van der Waals surface area contributed by atoms with Crippen molar-refractivity contribution < 1.29 is 9.53 Å². The molecular formula is C12H13IO2. The third-order valence-electron chi connectivity index (χ3n) is 1.87. The summed E-state index contributed by atoms with van der Waals surface area (Å²) in [6.45, 7) is 4.06. The molecule has 0 unspecified atom stereocenters. The Labute approximate surface area is 103 Å². The van der Waals surface area contributed by atoms with Crippen LogP contribution in [0.3, 0.4) is 0 Å². The summed E-state index contributed by atoms with van der Waals surface area (Å²) in [6.07, 6.45) is 3.53. The number of esters is 1. The molecule has 0 aliphatic carbocycles. The summed E-state index contributed by atoms with van der Waals surface area (Å²) in [7, 11) is 0. The Balaban J connectivity index is 2.40. The summed E-state index contributed by atoms with van der Waals surface area (Å²) in [4.78, 5) is 11.5. The van der Waals surface area contributed by atoms with E-state index in [2.05, 4.69) is 29.2 Å². The van der Waals surface area contributed by atoms with Gasteiger partial charge in [0, 0.05) is 3.57 Å². The Morgan fingerprint density at radius 3 is 2.67 bits per heavy atom. The molecule has 0 aromatic heterocycles. The smallest absolute Gasteiger partial charge is 0.338 e. The molecule has 1 aromatic carbocycles. The molecule has 0 aliphatic rings. The molecule has 0 N–H and O–H groups in total. The van der Waals surface area contributed by atoms with Crippen molar-refractivity contribution in [1.82, 2.24) is 0 Å². The number of carbonyl (C=O) groups excluding carboxylic acids is 1. The molecule has 0 aliphatic heterocycles. The zero-order valence-electron chi connectivity index (χ0n) is 8.41. The minimum absolute atomic E-state index is 0.254. The molecule has 0 spiro atoms. The average Bonchev–Trinajstić information content (AvgIpc) is 2.25. The van der Waals surface area contributed by atoms with Crippen molar-refractivity contribution in [2.45, 2.75) is 12.8 Å². The Morgan fingerprint density at radius 1 is 1.40 bits per heavy atom. The first-order chi connectivity index (χ1) is 7.24. The van der Waals surface area contributed by atoms with Gasteiger partial charge >= 0.3 is 5.97 Å². The predicted octanol–water partition coefficient (Wildman–Crippen LogP) is 3.41. The van der Waals surface area contributed by atoms with Gasteiger partial charge in [-0.25, -0.2) is 4.79 Å². The molecule has 0 bridgehead atoms. The predicted molar refractivity (Wildman–Crippen MR) is 68.9 cm³/mol. The Hall–Kier alpha value is -0.840. The quantitative estimate of drug-likeness (QED) is 0.360. The largest absolute Gasteiger partial charge is 0.462 e. The first-order valence-corrected chi connectivity index (χ1v) is 5.85. The van der Waals surface area contributed by atoms with Crippen molar-refractivity contribution in [3.8, 4) is 0 Å². The lowest BCUT2D eigenvalue weighted by molar-refractivity contribution is 0.0501. The van der Waals surface area contributed by atoms with Gasteiger partial charge in [-0.2, -0.15) is 0 Å². The van der Waals surface area contributed by atoms with Gasteiger partial charge in [0.05, 0.1) is 12.2 Å². The average molecular weight is 316 g/mol. The van der Waals surface area contributed by atoms with Crippen LogP contribution in [-0.2, 0) is 4.74 Å². The van der Waals surface area contributed by atoms with Crippen LogP contribution < -0.4 is 0 Å². The van der Waals surface area contributed by atoms with E-state index in [0.717, 1.165) is 16.4 Å². The minimum atomic E-state index is -0.254. The van der Waals surface area contributed by atoms with Gasteiger partial charge in [0.2, 0.25) is 0 Å². The molecule has 0 heterocycles. The second-order valence-corrected chi connectivity index (χ2v) is 4.32. The van der Waals surface area contributed by atoms with Gasteiger partial charge in [-0.15, -0.1) is 6.58 Å². The van der Waals surface area contributed by atoms with Crippen LogP contribution in [0.25, 0.3) is 0 Å². The number of hydrogen-bond acceptors (Lipinski definition) is 2. The van der Waals surface area contributed by atoms with E-state index in [1.807, 2.05) is 18.2 Å². The second-order valence-electron chi connectivity index (χ2n) is 3.07. The van der Waals surface area contributed by atoms with Crippen molar-refractivity contribution in [2.75, 3.05) is 6.61 Å². The monoisotopic (exact) mass is 316 g/mol. The van der Waals surface area contributed by atoms with Crippen LogP contribution in [0.15, 0.2) is 36.9 Å². The first-order valence-electron chi connectivity index (χ1n) is 4.77. The lowest BCUT2D eigenvalue weighted by atomic mass is 10.2. The van der Waals surface area contributed by atoms with Crippen molar-refractivity contribution in [3.63, 3.8) is 0 Å². The summed E-state index contributed by atoms with van der Waals surface area (Å²) in [6, 6.07) is 7.33. The van der Waals surface area contributed by atoms with Crippen LogP contribution in [0.2, 0.25) is 0 Å². The molecule has 0 atom stereocenters. The number of carbonyl (C=O) groups is 1. The standard InChI is InChI=1S/C12H13IO2/c1-2-3-4-9-15-12(14)10-5-7-11(13)8-6-10/h2,5-8H,1,3-4,9H2. The van der Waals surface area contributed by atoms with Gasteiger partial charge in [-0.1, -0.05) is 6.08 Å². The van der Waals surface area contributed by atoms with Crippen LogP contribution in [0.5, 0.6) is 0 Å². The Morgan fingerprint density at radius 2 is 2.07 bits per heavy atom. The third-order valence-corrected chi connectivity index (χ3v) is 2.58. The fourth-order valence-electron chi connectivity index (χ4n) is 1.06. The molecule has 0 fully saturated rings. The van der Waals surface area contributed by atoms with E-state index < -0.39 is 0 Å². The summed E-state index contributed by atoms with van der Waals surface area (Å²) < 4.78 is 6.19. The molecule has 0 amide bonds. The number of allylic oxidation sites excluding steroid dienone is 1. The molecule has 1 rings (SSSR count). The van der Waals surface area contributed by atoms with Crippen LogP contribution in [-0.4, -0.2) is 12.6 Å². The summed E-state index contributed by atoms with van der Waals surface area (Å²) >= 11 is 2.20. The zero-order valence-corrected chi connectivity index (χ0v) is 10.6. The second kappa shape index (κ2) is 6.61. The first kappa shape index (κ1) is 12.2. The summed E-state index contributed by atoms with van der Waals surface area (Å²) in [5.74, 6) is -0.254. The van der Waals surface area contributed by atoms with Crippen LogP contribution in [0.4, 0.5) is 0 Å². The van der Waals surface area contributed by atoms with E-state index in [1.54, 1.807) is 12.1 Å². The van der Waals surface area contributed by atoms with Gasteiger partial charge in [-0.05, 0) is 59.7 Å². The van der Waals surface area contributed by atoms with Gasteiger partial charge in [0.1, 0.15) is 0 Å². The highest BCUT2D eigenvalue weighted by Gasteiger charge is 2.05. The van der Waals surface area contributed by atoms with E-state index in [9.17, 15) is 4.79 Å². The van der Waals surface area contributed by atoms with Crippen molar-refractivity contribution >= 4 is 28.6 Å². The number of ether oxygens (including phenoxy) is 1. The number of benzene rings is 1. The van der Waals surface area contributed by atoms with Crippen molar-refractivity contribution in [2.24, 2.45) is 0 Å². The van der Waals surface area contributed by atoms with Crippen LogP contribution in [0.1, 0.15) is 23.2 Å². The molecule has 0 saturated carbocycles. The molecule has 15 heavy (non-hydrogen) atoms. The van der Waals surface area contributed by atoms with Gasteiger partial charge in [-0.3, -0.25) is 0 Å². The molecule has 3 heteroatoms. The lowest BCUT2D eigenvalue weighted by Crippen LogP contribution is -2.06. The molecule has 0 radical (unpaired) electrons. The van der Waals surface area contributed by atoms with Gasteiger partial charge in [0.15, 0.2) is 0 Å².